The van der Waals surface area contributed by atoms with Crippen molar-refractivity contribution in [1.29, 1.82) is 0 Å². The fraction of sp³-hybridized carbons (Fsp3) is 0.492. The molecule has 0 bridgehead atoms. The normalized spacial score (nSPS) is 14.2. The minimum absolute atomic E-state index is 0.137. The quantitative estimate of drug-likeness (QED) is 0.0274. The molecular formula is C63H89N17O25S. The van der Waals surface area contributed by atoms with Gasteiger partial charge in [0.1, 0.15) is 66.5 Å². The molecule has 0 aliphatic carbocycles. The first kappa shape index (κ1) is 90.2. The number of aliphatic hydroxyl groups is 1. The number of rotatable bonds is 49. The first-order valence-corrected chi connectivity index (χ1v) is 33.0. The van der Waals surface area contributed by atoms with Crippen LogP contribution in [0.2, 0.25) is 0 Å². The van der Waals surface area contributed by atoms with Gasteiger partial charge in [-0.05, 0) is 43.2 Å². The number of hydrogen-bond acceptors (Lipinski definition) is 23. The Hall–Kier alpha value is -11.9. The van der Waals surface area contributed by atoms with Crippen LogP contribution in [0.5, 0.6) is 0 Å². The van der Waals surface area contributed by atoms with Crippen LogP contribution in [0.25, 0.3) is 0 Å². The van der Waals surface area contributed by atoms with Crippen LogP contribution < -0.4 is 92.1 Å². The molecule has 0 fully saturated rings. The van der Waals surface area contributed by atoms with Crippen LogP contribution in [0.1, 0.15) is 89.7 Å². The average molecular weight is 1520 g/mol. The van der Waals surface area contributed by atoms with E-state index in [1.54, 1.807) is 60.7 Å². The summed E-state index contributed by atoms with van der Waals surface area (Å²) < 4.78 is 0. The molecule has 0 heterocycles. The van der Waals surface area contributed by atoms with Crippen LogP contribution in [-0.4, -0.2) is 242 Å². The minimum atomic E-state index is -2.30. The Morgan fingerprint density at radius 3 is 1.10 bits per heavy atom. The molecule has 16 amide bonds. The van der Waals surface area contributed by atoms with Crippen molar-refractivity contribution in [3.8, 4) is 0 Å². The summed E-state index contributed by atoms with van der Waals surface area (Å²) in [5.74, 6) is -26.6. The Kier molecular flexibility index (Phi) is 39.1. The van der Waals surface area contributed by atoms with Crippen LogP contribution in [0, 0.1) is 5.92 Å². The highest BCUT2D eigenvalue weighted by molar-refractivity contribution is 7.80. The van der Waals surface area contributed by atoms with Crippen LogP contribution in [0.15, 0.2) is 60.7 Å². The van der Waals surface area contributed by atoms with E-state index in [9.17, 15) is 121 Å². The topological polar surface area (TPSA) is 703 Å². The molecule has 0 radical (unpaired) electrons. The predicted octanol–water partition coefficient (Wildman–Crippen LogP) is -9.73. The number of hydrogen-bond donors (Lipinski definition) is 23. The maximum absolute atomic E-state index is 14.2. The van der Waals surface area contributed by atoms with E-state index in [4.69, 9.17) is 22.9 Å². The highest BCUT2D eigenvalue weighted by atomic mass is 32.1. The van der Waals surface area contributed by atoms with Crippen LogP contribution >= 0.6 is 12.6 Å². The zero-order chi connectivity index (χ0) is 80.1. The van der Waals surface area contributed by atoms with Gasteiger partial charge in [-0.25, -0.2) is 0 Å². The van der Waals surface area contributed by atoms with Gasteiger partial charge in [-0.2, -0.15) is 12.6 Å². The molecule has 106 heavy (non-hydrogen) atoms. The third-order valence-electron chi connectivity index (χ3n) is 15.0. The van der Waals surface area contributed by atoms with Crippen molar-refractivity contribution in [2.24, 2.45) is 28.9 Å². The van der Waals surface area contributed by atoms with Crippen molar-refractivity contribution in [3.05, 3.63) is 71.8 Å². The number of thiol groups is 1. The number of amides is 16. The molecule has 0 aliphatic rings. The molecule has 12 atom stereocenters. The molecule has 2 aromatic carbocycles. The van der Waals surface area contributed by atoms with Crippen molar-refractivity contribution in [2.75, 3.05) is 25.4 Å². The smallest absolute Gasteiger partial charge is 0.325 e. The Labute approximate surface area is 609 Å². The van der Waals surface area contributed by atoms with Crippen LogP contribution in [-0.2, 0) is 109 Å². The first-order chi connectivity index (χ1) is 49.7. The molecule has 0 spiro atoms. The molecule has 0 aliphatic heterocycles. The molecule has 582 valence electrons. The van der Waals surface area contributed by atoms with Crippen molar-refractivity contribution in [2.45, 2.75) is 164 Å². The molecule has 0 saturated heterocycles. The zero-order valence-corrected chi connectivity index (χ0v) is 58.4. The fourth-order valence-corrected chi connectivity index (χ4v) is 9.53. The number of carboxylic acid groups (broad SMARTS) is 4. The van der Waals surface area contributed by atoms with E-state index < -0.39 is 261 Å². The highest BCUT2D eigenvalue weighted by Gasteiger charge is 2.38. The van der Waals surface area contributed by atoms with E-state index in [-0.39, 0.29) is 31.4 Å². The number of aliphatic hydroxyl groups excluding tert-OH is 1. The number of carbonyl (C=O) groups is 20. The lowest BCUT2D eigenvalue weighted by atomic mass is 10.0. The van der Waals surface area contributed by atoms with E-state index >= 15 is 0 Å². The fourth-order valence-electron chi connectivity index (χ4n) is 9.36. The number of nitrogens with two attached hydrogens (primary N) is 4. The van der Waals surface area contributed by atoms with Gasteiger partial charge < -0.3 is 118 Å². The van der Waals surface area contributed by atoms with Gasteiger partial charge in [-0.1, -0.05) is 74.5 Å². The molecule has 0 unspecified atom stereocenters. The highest BCUT2D eigenvalue weighted by Crippen LogP contribution is 2.12. The molecule has 0 aromatic heterocycles. The van der Waals surface area contributed by atoms with E-state index in [1.165, 1.54) is 13.8 Å². The maximum Gasteiger partial charge on any atom is 0.325 e. The van der Waals surface area contributed by atoms with Gasteiger partial charge in [0, 0.05) is 37.9 Å². The summed E-state index contributed by atoms with van der Waals surface area (Å²) in [6, 6.07) is -5.17. The van der Waals surface area contributed by atoms with Crippen LogP contribution in [0.3, 0.4) is 0 Å². The lowest BCUT2D eigenvalue weighted by molar-refractivity contribution is -0.142. The monoisotopic (exact) mass is 1520 g/mol. The Morgan fingerprint density at radius 2 is 0.717 bits per heavy atom. The number of nitrogens with one attached hydrogen (secondary N) is 13. The molecule has 2 rings (SSSR count). The summed E-state index contributed by atoms with van der Waals surface area (Å²) in [6.07, 6.45) is -8.31. The van der Waals surface area contributed by atoms with Crippen LogP contribution in [0.4, 0.5) is 0 Å². The predicted molar refractivity (Wildman–Crippen MR) is 367 cm³/mol. The van der Waals surface area contributed by atoms with Crippen molar-refractivity contribution < 1.29 is 121 Å². The average Bonchev–Trinajstić information content (AvgIpc) is 0.864. The summed E-state index contributed by atoms with van der Waals surface area (Å²) in [4.78, 5) is 260. The van der Waals surface area contributed by atoms with Gasteiger partial charge in [-0.3, -0.25) is 95.9 Å². The standard InChI is InChI=1S/C63H89N17O25S/c1-29(2)51(80-47(86)26-69-53(94)34(14-17-43(65)82)72-52(93)33(64)28-106)62(103)78-40(23-45(67)84)59(100)77-41(24-50(91)92)60(101)76-39(22-44(66)83)58(99)74-36(16-19-49(89)90)55(96)73-35(15-18-48(87)88)54(95)68-25-46(85)71-37(20-31-10-6-4-7-11-31)56(97)75-38(21-32-12-8-5-9-13-32)57(98)79-42(27-81)61(102)70-30(3)63(104)105/h4-13,29-30,33-42,51,81,106H,14-28,64H2,1-3H3,(H2,65,82)(H2,66,83)(H2,67,84)(H,68,95)(H,69,94)(H,70,102)(H,71,85)(H,72,93)(H,73,96)(H,74,99)(H,75,97)(H,76,101)(H,77,100)(H,78,103)(H,79,98)(H,80,86)(H,87,88)(H,89,90)(H,91,92)(H,104,105)/t30-,33-,34-,35-,36-,37-,38-,39-,40-,41-,42-,51-/m0/s1. The lowest BCUT2D eigenvalue weighted by Gasteiger charge is -2.27. The summed E-state index contributed by atoms with van der Waals surface area (Å²) in [5.41, 5.74) is 22.5. The van der Waals surface area contributed by atoms with Crippen molar-refractivity contribution in [3.63, 3.8) is 0 Å². The van der Waals surface area contributed by atoms with Crippen molar-refractivity contribution >= 4 is 131 Å². The SMILES string of the molecule is CC(C)[C@H](NC(=O)CNC(=O)[C@H](CCC(N)=O)NC(=O)[C@@H](N)CS)C(=O)N[C@@H](CC(N)=O)C(=O)N[C@@H](CC(=O)O)C(=O)N[C@@H](CC(N)=O)C(=O)N[C@@H](CCC(=O)O)C(=O)N[C@@H](CCC(=O)O)C(=O)NCC(=O)N[C@@H](Cc1ccccc1)C(=O)N[C@@H](Cc1ccccc1)C(=O)N[C@@H](CO)C(=O)N[C@@H](C)C(=O)O. The third kappa shape index (κ3) is 34.4. The summed E-state index contributed by atoms with van der Waals surface area (Å²) in [6.45, 7) is 1.01. The second-order valence-corrected chi connectivity index (χ2v) is 24.4. The molecule has 43 heteroatoms. The number of aliphatic carboxylic acids is 4. The van der Waals surface area contributed by atoms with Gasteiger partial charge in [-0.15, -0.1) is 0 Å². The van der Waals surface area contributed by atoms with E-state index in [0.29, 0.717) is 11.1 Å². The van der Waals surface area contributed by atoms with E-state index in [2.05, 4.69) is 71.1 Å². The van der Waals surface area contributed by atoms with Gasteiger partial charge in [0.15, 0.2) is 0 Å². The molecule has 0 saturated carbocycles. The number of carbonyl (C=O) groups excluding carboxylic acids is 16. The van der Waals surface area contributed by atoms with Gasteiger partial charge >= 0.3 is 23.9 Å². The van der Waals surface area contributed by atoms with Gasteiger partial charge in [0.25, 0.3) is 0 Å². The van der Waals surface area contributed by atoms with Gasteiger partial charge in [0.2, 0.25) is 94.5 Å². The summed E-state index contributed by atoms with van der Waals surface area (Å²) in [5, 5.41) is 76.8. The first-order valence-electron chi connectivity index (χ1n) is 32.4. The number of primary amides is 3. The lowest BCUT2D eigenvalue weighted by Crippen LogP contribution is -2.61. The van der Waals surface area contributed by atoms with E-state index in [0.717, 1.165) is 6.92 Å². The molecule has 2 aromatic rings. The Balaban J connectivity index is 2.42. The molecular weight excluding hydrogens is 1430 g/mol. The van der Waals surface area contributed by atoms with Gasteiger partial charge in [0.05, 0.1) is 45.0 Å². The third-order valence-corrected chi connectivity index (χ3v) is 15.4. The maximum atomic E-state index is 14.2. The largest absolute Gasteiger partial charge is 0.481 e. The summed E-state index contributed by atoms with van der Waals surface area (Å²) in [7, 11) is 0. The van der Waals surface area contributed by atoms with E-state index in [1.807, 2.05) is 10.6 Å². The number of benzene rings is 2. The second kappa shape index (κ2) is 46.0. The van der Waals surface area contributed by atoms with Crippen molar-refractivity contribution in [1.82, 2.24) is 69.1 Å². The molecule has 26 N–H and O–H groups in total. The second-order valence-electron chi connectivity index (χ2n) is 24.1. The molecule has 42 nitrogen and oxygen atoms in total. The summed E-state index contributed by atoms with van der Waals surface area (Å²) >= 11 is 3.92. The zero-order valence-electron chi connectivity index (χ0n) is 57.5. The number of carboxylic acids is 4. The minimum Gasteiger partial charge on any atom is -0.481 e. The Morgan fingerprint density at radius 1 is 0.377 bits per heavy atom. The Bertz CT molecular complexity index is 3520.